The van der Waals surface area contributed by atoms with Crippen molar-refractivity contribution in [2.45, 2.75) is 19.4 Å². The molecule has 5 nitrogen and oxygen atoms in total. The van der Waals surface area contributed by atoms with Crippen LogP contribution in [0.15, 0.2) is 23.4 Å². The standard InChI is InChI=1S/C11H16FN3O2/c1-3-9(11(13)15-16)14-7-4-5-8(12)10(6-7)17-2/h4-6,9,14,16H,3H2,1-2H3,(H2,13,15). The van der Waals surface area contributed by atoms with Gasteiger partial charge in [-0.25, -0.2) is 4.39 Å². The van der Waals surface area contributed by atoms with Gasteiger partial charge in [0.25, 0.3) is 0 Å². The predicted octanol–water partition coefficient (Wildman–Crippen LogP) is 1.77. The molecule has 1 aromatic rings. The number of nitrogens with one attached hydrogen (secondary N) is 1. The molecule has 17 heavy (non-hydrogen) atoms. The monoisotopic (exact) mass is 241 g/mol. The van der Waals surface area contributed by atoms with E-state index in [2.05, 4.69) is 10.5 Å². The Labute approximate surface area is 99.1 Å². The second kappa shape index (κ2) is 5.93. The van der Waals surface area contributed by atoms with Crippen molar-refractivity contribution in [2.75, 3.05) is 12.4 Å². The van der Waals surface area contributed by atoms with Gasteiger partial charge in [0.2, 0.25) is 0 Å². The normalized spacial score (nSPS) is 13.2. The molecule has 0 aliphatic carbocycles. The lowest BCUT2D eigenvalue weighted by Crippen LogP contribution is -2.35. The van der Waals surface area contributed by atoms with Crippen molar-refractivity contribution in [3.63, 3.8) is 0 Å². The van der Waals surface area contributed by atoms with Crippen LogP contribution in [0, 0.1) is 5.82 Å². The molecule has 0 fully saturated rings. The van der Waals surface area contributed by atoms with Crippen LogP contribution in [0.3, 0.4) is 0 Å². The third-order valence-corrected chi connectivity index (χ3v) is 2.37. The third-order valence-electron chi connectivity index (χ3n) is 2.37. The van der Waals surface area contributed by atoms with Crippen molar-refractivity contribution >= 4 is 11.5 Å². The number of nitrogens with zero attached hydrogens (tertiary/aromatic N) is 1. The molecule has 0 amide bonds. The van der Waals surface area contributed by atoms with Crippen LogP contribution >= 0.6 is 0 Å². The first kappa shape index (κ1) is 13.1. The number of oxime groups is 1. The molecule has 0 spiro atoms. The van der Waals surface area contributed by atoms with E-state index in [1.54, 1.807) is 6.07 Å². The van der Waals surface area contributed by atoms with Gasteiger partial charge in [-0.05, 0) is 18.6 Å². The van der Waals surface area contributed by atoms with E-state index >= 15 is 0 Å². The molecule has 0 aliphatic rings. The van der Waals surface area contributed by atoms with Gasteiger partial charge in [-0.1, -0.05) is 12.1 Å². The fourth-order valence-electron chi connectivity index (χ4n) is 1.41. The number of ether oxygens (including phenoxy) is 1. The summed E-state index contributed by atoms with van der Waals surface area (Å²) < 4.78 is 18.0. The largest absolute Gasteiger partial charge is 0.494 e. The smallest absolute Gasteiger partial charge is 0.165 e. The maximum Gasteiger partial charge on any atom is 0.165 e. The van der Waals surface area contributed by atoms with Crippen LogP contribution in [0.25, 0.3) is 0 Å². The van der Waals surface area contributed by atoms with Gasteiger partial charge >= 0.3 is 0 Å². The molecule has 0 bridgehead atoms. The van der Waals surface area contributed by atoms with E-state index in [4.69, 9.17) is 15.7 Å². The summed E-state index contributed by atoms with van der Waals surface area (Å²) in [7, 11) is 1.39. The number of halogens is 1. The average Bonchev–Trinajstić information content (AvgIpc) is 2.36. The zero-order chi connectivity index (χ0) is 12.8. The van der Waals surface area contributed by atoms with Crippen molar-refractivity contribution in [3.05, 3.63) is 24.0 Å². The van der Waals surface area contributed by atoms with Crippen molar-refractivity contribution < 1.29 is 14.3 Å². The highest BCUT2D eigenvalue weighted by Gasteiger charge is 2.12. The Morgan fingerprint density at radius 2 is 2.35 bits per heavy atom. The lowest BCUT2D eigenvalue weighted by molar-refractivity contribution is 0.316. The summed E-state index contributed by atoms with van der Waals surface area (Å²) in [5.74, 6) is -0.213. The molecule has 1 atom stereocenters. The Bertz CT molecular complexity index is 410. The molecule has 1 unspecified atom stereocenters. The highest BCUT2D eigenvalue weighted by molar-refractivity contribution is 5.87. The quantitative estimate of drug-likeness (QED) is 0.317. The number of rotatable bonds is 5. The molecule has 0 aliphatic heterocycles. The summed E-state index contributed by atoms with van der Waals surface area (Å²) in [5, 5.41) is 14.6. The minimum Gasteiger partial charge on any atom is -0.494 e. The van der Waals surface area contributed by atoms with Crippen molar-refractivity contribution in [1.29, 1.82) is 0 Å². The van der Waals surface area contributed by atoms with Gasteiger partial charge in [0.1, 0.15) is 0 Å². The first-order chi connectivity index (χ1) is 8.12. The van der Waals surface area contributed by atoms with Crippen LogP contribution in [0.4, 0.5) is 10.1 Å². The number of hydrogen-bond acceptors (Lipinski definition) is 4. The number of hydrogen-bond donors (Lipinski definition) is 3. The highest BCUT2D eigenvalue weighted by Crippen LogP contribution is 2.22. The first-order valence-corrected chi connectivity index (χ1v) is 5.19. The van der Waals surface area contributed by atoms with E-state index in [-0.39, 0.29) is 17.6 Å². The number of amidine groups is 1. The maximum absolute atomic E-state index is 13.2. The van der Waals surface area contributed by atoms with E-state index in [1.807, 2.05) is 6.92 Å². The SMILES string of the molecule is CCC(Nc1ccc(F)c(OC)c1)/C(N)=N/O. The minimum absolute atomic E-state index is 0.0794. The van der Waals surface area contributed by atoms with Crippen molar-refractivity contribution in [2.24, 2.45) is 10.9 Å². The fraction of sp³-hybridized carbons (Fsp3) is 0.364. The van der Waals surface area contributed by atoms with E-state index in [0.29, 0.717) is 12.1 Å². The molecule has 4 N–H and O–H groups in total. The van der Waals surface area contributed by atoms with E-state index in [0.717, 1.165) is 0 Å². The summed E-state index contributed by atoms with van der Waals surface area (Å²) in [4.78, 5) is 0. The van der Waals surface area contributed by atoms with Gasteiger partial charge < -0.3 is 21.0 Å². The van der Waals surface area contributed by atoms with Gasteiger partial charge in [-0.3, -0.25) is 0 Å². The molecule has 6 heteroatoms. The van der Waals surface area contributed by atoms with Crippen LogP contribution in [0.2, 0.25) is 0 Å². The fourth-order valence-corrected chi connectivity index (χ4v) is 1.41. The van der Waals surface area contributed by atoms with Gasteiger partial charge in [-0.2, -0.15) is 0 Å². The second-order valence-corrected chi connectivity index (χ2v) is 3.48. The maximum atomic E-state index is 13.2. The van der Waals surface area contributed by atoms with Gasteiger partial charge in [0.05, 0.1) is 13.2 Å². The summed E-state index contributed by atoms with van der Waals surface area (Å²) in [5.41, 5.74) is 6.15. The minimum atomic E-state index is -0.435. The van der Waals surface area contributed by atoms with Gasteiger partial charge in [0.15, 0.2) is 17.4 Å². The lowest BCUT2D eigenvalue weighted by Gasteiger charge is -2.17. The Hall–Kier alpha value is -1.98. The molecular weight excluding hydrogens is 225 g/mol. The molecule has 1 aromatic carbocycles. The molecule has 0 radical (unpaired) electrons. The zero-order valence-electron chi connectivity index (χ0n) is 9.77. The molecular formula is C11H16FN3O2. The highest BCUT2D eigenvalue weighted by atomic mass is 19.1. The van der Waals surface area contributed by atoms with Crippen LogP contribution in [-0.2, 0) is 0 Å². The van der Waals surface area contributed by atoms with Gasteiger partial charge in [-0.15, -0.1) is 0 Å². The number of methoxy groups -OCH3 is 1. The van der Waals surface area contributed by atoms with Crippen LogP contribution < -0.4 is 15.8 Å². The number of anilines is 1. The Morgan fingerprint density at radius 1 is 1.65 bits per heavy atom. The summed E-state index contributed by atoms with van der Waals surface area (Å²) in [6.07, 6.45) is 0.635. The Balaban J connectivity index is 2.87. The average molecular weight is 241 g/mol. The van der Waals surface area contributed by atoms with E-state index in [1.165, 1.54) is 19.2 Å². The molecule has 0 aromatic heterocycles. The predicted molar refractivity (Wildman–Crippen MR) is 64.1 cm³/mol. The van der Waals surface area contributed by atoms with Crippen molar-refractivity contribution in [1.82, 2.24) is 0 Å². The summed E-state index contributed by atoms with van der Waals surface area (Å²) >= 11 is 0. The topological polar surface area (TPSA) is 79.9 Å². The molecule has 94 valence electrons. The Morgan fingerprint density at radius 3 is 2.88 bits per heavy atom. The lowest BCUT2D eigenvalue weighted by atomic mass is 10.2. The molecule has 0 saturated carbocycles. The number of nitrogens with two attached hydrogens (primary N) is 1. The summed E-state index contributed by atoms with van der Waals surface area (Å²) in [6, 6.07) is 4.06. The van der Waals surface area contributed by atoms with Crippen LogP contribution in [0.5, 0.6) is 5.75 Å². The Kier molecular flexibility index (Phi) is 4.56. The van der Waals surface area contributed by atoms with Crippen LogP contribution in [-0.4, -0.2) is 24.2 Å². The van der Waals surface area contributed by atoms with Gasteiger partial charge in [0, 0.05) is 11.8 Å². The second-order valence-electron chi connectivity index (χ2n) is 3.48. The van der Waals surface area contributed by atoms with E-state index in [9.17, 15) is 4.39 Å². The van der Waals surface area contributed by atoms with Crippen LogP contribution in [0.1, 0.15) is 13.3 Å². The molecule has 0 saturated heterocycles. The first-order valence-electron chi connectivity index (χ1n) is 5.19. The molecule has 1 rings (SSSR count). The number of benzene rings is 1. The summed E-state index contributed by atoms with van der Waals surface area (Å²) in [6.45, 7) is 1.89. The zero-order valence-corrected chi connectivity index (χ0v) is 9.77. The third kappa shape index (κ3) is 3.24. The van der Waals surface area contributed by atoms with E-state index < -0.39 is 5.82 Å². The molecule has 0 heterocycles. The van der Waals surface area contributed by atoms with Crippen molar-refractivity contribution in [3.8, 4) is 5.75 Å².